The molecule has 0 aromatic heterocycles. The second-order valence-corrected chi connectivity index (χ2v) is 7.79. The van der Waals surface area contributed by atoms with Crippen molar-refractivity contribution in [3.63, 3.8) is 0 Å². The summed E-state index contributed by atoms with van der Waals surface area (Å²) < 4.78 is 5.72. The Bertz CT molecular complexity index is 1450. The van der Waals surface area contributed by atoms with Crippen LogP contribution in [-0.2, 0) is 0 Å². The molecule has 0 fully saturated rings. The maximum absolute atomic E-state index is 11.9. The molecule has 0 spiro atoms. The predicted molar refractivity (Wildman–Crippen MR) is 132 cm³/mol. The minimum Gasteiger partial charge on any atom is -0.504 e. The molecule has 0 aliphatic heterocycles. The van der Waals surface area contributed by atoms with E-state index in [0.29, 0.717) is 12.6 Å². The van der Waals surface area contributed by atoms with E-state index in [4.69, 9.17) is 4.74 Å². The van der Waals surface area contributed by atoms with Crippen LogP contribution in [0.5, 0.6) is 23.0 Å². The number of carbonyl (C=O) groups excluding carboxylic acids is 2. The number of aldehydes is 2. The van der Waals surface area contributed by atoms with Gasteiger partial charge in [0.05, 0.1) is 11.1 Å². The lowest BCUT2D eigenvalue weighted by molar-refractivity contribution is 0.0686. The first kappa shape index (κ1) is 24.7. The minimum atomic E-state index is -1.36. The highest BCUT2D eigenvalue weighted by Gasteiger charge is 2.25. The molecule has 0 aliphatic rings. The van der Waals surface area contributed by atoms with Crippen molar-refractivity contribution in [1.29, 1.82) is 0 Å². The van der Waals surface area contributed by atoms with Crippen molar-refractivity contribution in [3.8, 4) is 45.3 Å². The molecule has 0 bridgehead atoms. The maximum Gasteiger partial charge on any atom is 0.336 e. The minimum absolute atomic E-state index is 0.124. The molecule has 4 rings (SSSR count). The van der Waals surface area contributed by atoms with Crippen LogP contribution < -0.4 is 4.74 Å². The van der Waals surface area contributed by atoms with Crippen LogP contribution in [-0.4, -0.2) is 44.9 Å². The van der Waals surface area contributed by atoms with E-state index in [9.17, 15) is 39.6 Å². The van der Waals surface area contributed by atoms with Crippen molar-refractivity contribution in [2.45, 2.75) is 0 Å². The largest absolute Gasteiger partial charge is 0.504 e. The van der Waals surface area contributed by atoms with E-state index in [1.807, 2.05) is 0 Å². The third-order valence-corrected chi connectivity index (χ3v) is 5.68. The Hall–Kier alpha value is -5.44. The van der Waals surface area contributed by atoms with E-state index < -0.39 is 23.4 Å². The van der Waals surface area contributed by atoms with E-state index in [2.05, 4.69) is 0 Å². The molecule has 9 heteroatoms. The second-order valence-electron chi connectivity index (χ2n) is 7.79. The summed E-state index contributed by atoms with van der Waals surface area (Å²) >= 11 is 0. The van der Waals surface area contributed by atoms with Crippen LogP contribution in [0.3, 0.4) is 0 Å². The van der Waals surface area contributed by atoms with Gasteiger partial charge in [-0.1, -0.05) is 48.5 Å². The Morgan fingerprint density at radius 2 is 0.973 bits per heavy atom. The molecule has 0 unspecified atom stereocenters. The number of rotatable bonds is 8. The Kier molecular flexibility index (Phi) is 6.70. The van der Waals surface area contributed by atoms with E-state index in [1.165, 1.54) is 36.4 Å². The summed E-state index contributed by atoms with van der Waals surface area (Å²) in [7, 11) is 0. The van der Waals surface area contributed by atoms with Gasteiger partial charge in [-0.3, -0.25) is 9.59 Å². The summed E-state index contributed by atoms with van der Waals surface area (Å²) in [6.07, 6.45) is 1.03. The van der Waals surface area contributed by atoms with E-state index in [0.717, 1.165) is 12.1 Å². The predicted octanol–water partition coefficient (Wildman–Crippen LogP) is 5.25. The molecule has 4 aromatic rings. The standard InChI is InChI=1S/C28H18O9/c29-13-15-5-1-3-7-17(15)23-19(27(33)34)9-11-21(25(23)31)37-22-12-10-20(28(35)36)24(26(22)32)18-8-4-2-6-16(18)14-30/h1-14,31-32H,(H,33,34)(H,35,36). The molecule has 0 atom stereocenters. The zero-order chi connectivity index (χ0) is 26.7. The van der Waals surface area contributed by atoms with Gasteiger partial charge in [0.2, 0.25) is 0 Å². The quantitative estimate of drug-likeness (QED) is 0.238. The van der Waals surface area contributed by atoms with Crippen LogP contribution in [0, 0.1) is 0 Å². The highest BCUT2D eigenvalue weighted by Crippen LogP contribution is 2.47. The first-order chi connectivity index (χ1) is 17.8. The number of carboxylic acid groups (broad SMARTS) is 2. The van der Waals surface area contributed by atoms with E-state index in [-0.39, 0.29) is 56.0 Å². The summed E-state index contributed by atoms with van der Waals surface area (Å²) in [4.78, 5) is 46.9. The molecule has 0 aliphatic carbocycles. The number of benzene rings is 4. The van der Waals surface area contributed by atoms with Crippen LogP contribution in [0.25, 0.3) is 22.3 Å². The van der Waals surface area contributed by atoms with E-state index >= 15 is 0 Å². The summed E-state index contributed by atoms with van der Waals surface area (Å²) in [5.41, 5.74) is -0.428. The average molecular weight is 498 g/mol. The van der Waals surface area contributed by atoms with Gasteiger partial charge in [-0.15, -0.1) is 0 Å². The van der Waals surface area contributed by atoms with Crippen LogP contribution in [0.1, 0.15) is 41.4 Å². The lowest BCUT2D eigenvalue weighted by atomic mass is 9.94. The maximum atomic E-state index is 11.9. The normalized spacial score (nSPS) is 10.5. The molecular formula is C28H18O9. The zero-order valence-corrected chi connectivity index (χ0v) is 18.9. The summed E-state index contributed by atoms with van der Waals surface area (Å²) in [5, 5.41) is 41.4. The van der Waals surface area contributed by atoms with Gasteiger partial charge in [-0.05, 0) is 35.4 Å². The number of phenolic OH excluding ortho intramolecular Hbond substituents is 2. The molecule has 0 saturated heterocycles. The number of hydrogen-bond donors (Lipinski definition) is 4. The number of carboxylic acids is 2. The van der Waals surface area contributed by atoms with Gasteiger partial charge in [-0.25, -0.2) is 9.59 Å². The second kappa shape index (κ2) is 10.0. The number of aromatic carboxylic acids is 2. The summed E-state index contributed by atoms with van der Waals surface area (Å²) in [6.45, 7) is 0. The van der Waals surface area contributed by atoms with Gasteiger partial charge in [0.15, 0.2) is 35.6 Å². The van der Waals surface area contributed by atoms with Crippen molar-refractivity contribution in [2.24, 2.45) is 0 Å². The smallest absolute Gasteiger partial charge is 0.336 e. The number of ether oxygens (including phenoxy) is 1. The molecule has 0 heterocycles. The van der Waals surface area contributed by atoms with Crippen LogP contribution in [0.2, 0.25) is 0 Å². The van der Waals surface area contributed by atoms with Crippen molar-refractivity contribution < 1.29 is 44.3 Å². The molecule has 4 N–H and O–H groups in total. The Balaban J connectivity index is 1.91. The van der Waals surface area contributed by atoms with Gasteiger partial charge >= 0.3 is 11.9 Å². The molecule has 9 nitrogen and oxygen atoms in total. The fourth-order valence-corrected chi connectivity index (χ4v) is 3.98. The van der Waals surface area contributed by atoms with Gasteiger partial charge in [0, 0.05) is 22.3 Å². The van der Waals surface area contributed by atoms with Crippen molar-refractivity contribution in [1.82, 2.24) is 0 Å². The SMILES string of the molecule is O=Cc1ccccc1-c1c(C(=O)O)ccc(Oc2ccc(C(=O)O)c(-c3ccccc3C=O)c2O)c1O. The summed E-state index contributed by atoms with van der Waals surface area (Å²) in [6, 6.07) is 16.8. The monoisotopic (exact) mass is 498 g/mol. The van der Waals surface area contributed by atoms with Crippen molar-refractivity contribution in [2.75, 3.05) is 0 Å². The molecular weight excluding hydrogens is 480 g/mol. The van der Waals surface area contributed by atoms with Crippen LogP contribution >= 0.6 is 0 Å². The van der Waals surface area contributed by atoms with Crippen molar-refractivity contribution in [3.05, 3.63) is 95.1 Å². The molecule has 184 valence electrons. The number of aromatic hydroxyl groups is 2. The molecule has 0 saturated carbocycles. The van der Waals surface area contributed by atoms with Gasteiger partial charge in [0.25, 0.3) is 0 Å². The Morgan fingerprint density at radius 1 is 0.595 bits per heavy atom. The van der Waals surface area contributed by atoms with Gasteiger partial charge in [0.1, 0.15) is 0 Å². The zero-order valence-electron chi connectivity index (χ0n) is 18.9. The number of carbonyl (C=O) groups is 4. The van der Waals surface area contributed by atoms with Gasteiger partial charge < -0.3 is 25.2 Å². The number of phenols is 2. The van der Waals surface area contributed by atoms with Crippen LogP contribution in [0.15, 0.2) is 72.8 Å². The van der Waals surface area contributed by atoms with Crippen molar-refractivity contribution >= 4 is 24.5 Å². The highest BCUT2D eigenvalue weighted by atomic mass is 16.5. The molecule has 37 heavy (non-hydrogen) atoms. The van der Waals surface area contributed by atoms with Gasteiger partial charge in [-0.2, -0.15) is 0 Å². The fraction of sp³-hybridized carbons (Fsp3) is 0. The lowest BCUT2D eigenvalue weighted by Crippen LogP contribution is -2.03. The Labute approximate surface area is 209 Å². The fourth-order valence-electron chi connectivity index (χ4n) is 3.98. The summed E-state index contributed by atoms with van der Waals surface area (Å²) in [5.74, 6) is -4.50. The first-order valence-corrected chi connectivity index (χ1v) is 10.7. The first-order valence-electron chi connectivity index (χ1n) is 10.7. The molecule has 4 aromatic carbocycles. The third kappa shape index (κ3) is 4.48. The topological polar surface area (TPSA) is 158 Å². The lowest BCUT2D eigenvalue weighted by Gasteiger charge is -2.17. The molecule has 0 amide bonds. The highest BCUT2D eigenvalue weighted by molar-refractivity contribution is 6.03. The number of hydrogen-bond acceptors (Lipinski definition) is 7. The van der Waals surface area contributed by atoms with E-state index in [1.54, 1.807) is 24.3 Å². The Morgan fingerprint density at radius 3 is 1.32 bits per heavy atom. The molecule has 0 radical (unpaired) electrons. The average Bonchev–Trinajstić information content (AvgIpc) is 2.90. The third-order valence-electron chi connectivity index (χ3n) is 5.68. The van der Waals surface area contributed by atoms with Crippen LogP contribution in [0.4, 0.5) is 0 Å².